The van der Waals surface area contributed by atoms with Crippen LogP contribution < -0.4 is 5.32 Å². The van der Waals surface area contributed by atoms with Crippen molar-refractivity contribution in [2.24, 2.45) is 0 Å². The average Bonchev–Trinajstić information content (AvgIpc) is 2.69. The number of carboxylic acids is 1. The molecule has 1 fully saturated rings. The molecule has 0 saturated carbocycles. The molecule has 16 heavy (non-hydrogen) atoms. The van der Waals surface area contributed by atoms with Gasteiger partial charge < -0.3 is 10.4 Å². The first-order valence-electron chi connectivity index (χ1n) is 5.10. The van der Waals surface area contributed by atoms with E-state index < -0.39 is 11.5 Å². The Labute approximate surface area is 100 Å². The van der Waals surface area contributed by atoms with Crippen LogP contribution in [-0.4, -0.2) is 28.1 Å². The quantitative estimate of drug-likeness (QED) is 0.838. The first kappa shape index (κ1) is 12.9. The topological polar surface area (TPSA) is 62.2 Å². The van der Waals surface area contributed by atoms with Gasteiger partial charge in [-0.05, 0) is 31.0 Å². The first-order chi connectivity index (χ1) is 7.23. The van der Waals surface area contributed by atoms with Gasteiger partial charge in [0.2, 0.25) is 0 Å². The van der Waals surface area contributed by atoms with Gasteiger partial charge in [0.1, 0.15) is 5.54 Å². The molecule has 1 atom stereocenters. The number of pyridine rings is 1. The molecule has 4 nitrogen and oxygen atoms in total. The highest BCUT2D eigenvalue weighted by atomic mass is 35.5. The molecule has 2 N–H and O–H groups in total. The van der Waals surface area contributed by atoms with Crippen LogP contribution in [0, 0.1) is 0 Å². The van der Waals surface area contributed by atoms with Gasteiger partial charge in [-0.2, -0.15) is 0 Å². The summed E-state index contributed by atoms with van der Waals surface area (Å²) in [5.74, 6) is -0.760. The third kappa shape index (κ3) is 2.51. The molecule has 2 heterocycles. The fraction of sp³-hybridized carbons (Fsp3) is 0.455. The largest absolute Gasteiger partial charge is 0.480 e. The molecule has 0 amide bonds. The zero-order valence-corrected chi connectivity index (χ0v) is 9.67. The smallest absolute Gasteiger partial charge is 0.324 e. The summed E-state index contributed by atoms with van der Waals surface area (Å²) < 4.78 is 0. The fourth-order valence-corrected chi connectivity index (χ4v) is 2.07. The van der Waals surface area contributed by atoms with Crippen molar-refractivity contribution < 1.29 is 9.90 Å². The summed E-state index contributed by atoms with van der Waals surface area (Å²) in [6.07, 6.45) is 5.55. The fourth-order valence-electron chi connectivity index (χ4n) is 2.07. The van der Waals surface area contributed by atoms with Gasteiger partial charge in [-0.1, -0.05) is 6.07 Å². The number of nitrogens with zero attached hydrogens (tertiary/aromatic N) is 1. The molecule has 88 valence electrons. The van der Waals surface area contributed by atoms with E-state index in [1.807, 2.05) is 12.1 Å². The van der Waals surface area contributed by atoms with E-state index in [1.165, 1.54) is 0 Å². The van der Waals surface area contributed by atoms with Crippen LogP contribution in [0.4, 0.5) is 0 Å². The van der Waals surface area contributed by atoms with Gasteiger partial charge >= 0.3 is 5.97 Å². The van der Waals surface area contributed by atoms with Gasteiger partial charge in [0.05, 0.1) is 0 Å². The minimum Gasteiger partial charge on any atom is -0.480 e. The van der Waals surface area contributed by atoms with Gasteiger partial charge in [-0.25, -0.2) is 0 Å². The Bertz CT molecular complexity index is 350. The van der Waals surface area contributed by atoms with Crippen LogP contribution in [0.5, 0.6) is 0 Å². The summed E-state index contributed by atoms with van der Waals surface area (Å²) in [5.41, 5.74) is 0.192. The summed E-state index contributed by atoms with van der Waals surface area (Å²) in [5, 5.41) is 12.3. The lowest BCUT2D eigenvalue weighted by molar-refractivity contribution is -0.144. The van der Waals surface area contributed by atoms with Crippen molar-refractivity contribution >= 4 is 18.4 Å². The molecule has 1 aliphatic heterocycles. The number of rotatable bonds is 3. The predicted molar refractivity (Wildman–Crippen MR) is 62.8 cm³/mol. The lowest BCUT2D eigenvalue weighted by atomic mass is 9.90. The van der Waals surface area contributed by atoms with Crippen LogP contribution >= 0.6 is 12.4 Å². The molecule has 0 aromatic carbocycles. The second kappa shape index (κ2) is 5.27. The van der Waals surface area contributed by atoms with Crippen LogP contribution in [0.3, 0.4) is 0 Å². The van der Waals surface area contributed by atoms with E-state index in [4.69, 9.17) is 0 Å². The maximum Gasteiger partial charge on any atom is 0.324 e. The third-order valence-corrected chi connectivity index (χ3v) is 2.88. The zero-order valence-electron chi connectivity index (χ0n) is 8.85. The lowest BCUT2D eigenvalue weighted by Crippen LogP contribution is -2.49. The minimum absolute atomic E-state index is 0. The average molecular weight is 243 g/mol. The summed E-state index contributed by atoms with van der Waals surface area (Å²) in [4.78, 5) is 15.2. The van der Waals surface area contributed by atoms with Crippen molar-refractivity contribution in [2.75, 3.05) is 6.54 Å². The Morgan fingerprint density at radius 2 is 2.44 bits per heavy atom. The predicted octanol–water partition coefficient (Wildman–Crippen LogP) is 1.25. The monoisotopic (exact) mass is 242 g/mol. The van der Waals surface area contributed by atoms with Gasteiger partial charge in [0.15, 0.2) is 0 Å². The second-order valence-electron chi connectivity index (χ2n) is 3.96. The highest BCUT2D eigenvalue weighted by molar-refractivity contribution is 5.85. The van der Waals surface area contributed by atoms with E-state index in [-0.39, 0.29) is 12.4 Å². The van der Waals surface area contributed by atoms with Gasteiger partial charge in [0, 0.05) is 18.8 Å². The molecule has 2 rings (SSSR count). The number of hydrogen-bond acceptors (Lipinski definition) is 3. The molecule has 5 heteroatoms. The highest BCUT2D eigenvalue weighted by Gasteiger charge is 2.40. The molecule has 0 radical (unpaired) electrons. The number of carboxylic acid groups (broad SMARTS) is 1. The molecule has 1 aromatic heterocycles. The van der Waals surface area contributed by atoms with Crippen LogP contribution in [-0.2, 0) is 11.2 Å². The van der Waals surface area contributed by atoms with Crippen LogP contribution in [0.1, 0.15) is 18.4 Å². The Kier molecular flexibility index (Phi) is 4.26. The van der Waals surface area contributed by atoms with E-state index >= 15 is 0 Å². The maximum atomic E-state index is 11.2. The number of nitrogens with one attached hydrogen (secondary N) is 1. The number of aliphatic carboxylic acids is 1. The van der Waals surface area contributed by atoms with Crippen LogP contribution in [0.15, 0.2) is 24.5 Å². The molecular formula is C11H15ClN2O2. The molecular weight excluding hydrogens is 228 g/mol. The SMILES string of the molecule is Cl.O=C(O)[C@@]1(Cc2cccnc2)CCCN1. The van der Waals surface area contributed by atoms with E-state index in [9.17, 15) is 9.90 Å². The van der Waals surface area contributed by atoms with Crippen molar-refractivity contribution in [1.82, 2.24) is 10.3 Å². The maximum absolute atomic E-state index is 11.2. The van der Waals surface area contributed by atoms with E-state index in [2.05, 4.69) is 10.3 Å². The lowest BCUT2D eigenvalue weighted by Gasteiger charge is -2.24. The number of aromatic nitrogens is 1. The molecule has 0 aliphatic carbocycles. The zero-order chi connectivity index (χ0) is 10.7. The molecule has 1 aliphatic rings. The second-order valence-corrected chi connectivity index (χ2v) is 3.96. The first-order valence-corrected chi connectivity index (χ1v) is 5.10. The van der Waals surface area contributed by atoms with E-state index in [0.717, 1.165) is 18.5 Å². The Hall–Kier alpha value is -1.13. The van der Waals surface area contributed by atoms with Gasteiger partial charge in [-0.15, -0.1) is 12.4 Å². The van der Waals surface area contributed by atoms with Crippen molar-refractivity contribution in [3.8, 4) is 0 Å². The normalized spacial score (nSPS) is 23.8. The van der Waals surface area contributed by atoms with E-state index in [0.29, 0.717) is 12.8 Å². The van der Waals surface area contributed by atoms with Crippen LogP contribution in [0.2, 0.25) is 0 Å². The van der Waals surface area contributed by atoms with Crippen molar-refractivity contribution in [1.29, 1.82) is 0 Å². The molecule has 0 bridgehead atoms. The number of hydrogen-bond donors (Lipinski definition) is 2. The highest BCUT2D eigenvalue weighted by Crippen LogP contribution is 2.24. The van der Waals surface area contributed by atoms with Gasteiger partial charge in [-0.3, -0.25) is 9.78 Å². The van der Waals surface area contributed by atoms with Crippen molar-refractivity contribution in [2.45, 2.75) is 24.8 Å². The summed E-state index contributed by atoms with van der Waals surface area (Å²) >= 11 is 0. The Balaban J connectivity index is 0.00000128. The van der Waals surface area contributed by atoms with Gasteiger partial charge in [0.25, 0.3) is 0 Å². The van der Waals surface area contributed by atoms with E-state index in [1.54, 1.807) is 12.4 Å². The summed E-state index contributed by atoms with van der Waals surface area (Å²) in [6, 6.07) is 3.75. The molecule has 1 aromatic rings. The summed E-state index contributed by atoms with van der Waals surface area (Å²) in [6.45, 7) is 0.784. The molecule has 0 spiro atoms. The molecule has 0 unspecified atom stereocenters. The molecule has 1 saturated heterocycles. The summed E-state index contributed by atoms with van der Waals surface area (Å²) in [7, 11) is 0. The Morgan fingerprint density at radius 1 is 1.62 bits per heavy atom. The van der Waals surface area contributed by atoms with Crippen LogP contribution in [0.25, 0.3) is 0 Å². The number of carbonyl (C=O) groups is 1. The Morgan fingerprint density at radius 3 is 2.94 bits per heavy atom. The third-order valence-electron chi connectivity index (χ3n) is 2.88. The standard InChI is InChI=1S/C11H14N2O2.ClH/c14-10(15)11(4-2-6-13-11)7-9-3-1-5-12-8-9;/h1,3,5,8,13H,2,4,6-7H2,(H,14,15);1H/t11-;/m0./s1. The van der Waals surface area contributed by atoms with Crippen molar-refractivity contribution in [3.63, 3.8) is 0 Å². The van der Waals surface area contributed by atoms with Crippen molar-refractivity contribution in [3.05, 3.63) is 30.1 Å². The minimum atomic E-state index is -0.775. The number of halogens is 1.